The Hall–Kier alpha value is -1.61. The topological polar surface area (TPSA) is 107 Å². The average Bonchev–Trinajstić information content (AvgIpc) is 2.68. The molecule has 0 unspecified atom stereocenters. The number of nitrogens with zero attached hydrogens (tertiary/aromatic N) is 2. The molecule has 1 aromatic heterocycles. The van der Waals surface area contributed by atoms with E-state index in [0.717, 1.165) is 0 Å². The van der Waals surface area contributed by atoms with Gasteiger partial charge in [-0.05, 0) is 18.2 Å². The van der Waals surface area contributed by atoms with Crippen molar-refractivity contribution in [1.29, 1.82) is 0 Å². The average molecular weight is 349 g/mol. The fourth-order valence-corrected chi connectivity index (χ4v) is 2.81. The second-order valence-electron chi connectivity index (χ2n) is 4.17. The standard InChI is InChI=1S/C11H10Cl2N4O3S/c1-17-5-9(21(14,19)20)10(16-17)15-11(18)6-2-7(12)4-8(13)3-6/h2-5H,1H3,(H2,14,19,20)(H,15,16,18). The number of hydrogen-bond donors (Lipinski definition) is 2. The number of nitrogens with one attached hydrogen (secondary N) is 1. The summed E-state index contributed by atoms with van der Waals surface area (Å²) in [5.74, 6) is -0.774. The molecule has 10 heteroatoms. The van der Waals surface area contributed by atoms with Crippen LogP contribution in [0.4, 0.5) is 5.82 Å². The summed E-state index contributed by atoms with van der Waals surface area (Å²) in [4.78, 5) is 11.8. The zero-order valence-corrected chi connectivity index (χ0v) is 13.0. The first kappa shape index (κ1) is 15.8. The van der Waals surface area contributed by atoms with E-state index in [2.05, 4.69) is 10.4 Å². The molecule has 2 rings (SSSR count). The lowest BCUT2D eigenvalue weighted by Crippen LogP contribution is -2.17. The van der Waals surface area contributed by atoms with Crippen LogP contribution in [-0.4, -0.2) is 24.1 Å². The van der Waals surface area contributed by atoms with Crippen molar-refractivity contribution in [3.8, 4) is 0 Å². The van der Waals surface area contributed by atoms with Gasteiger partial charge in [0.25, 0.3) is 5.91 Å². The van der Waals surface area contributed by atoms with Gasteiger partial charge >= 0.3 is 0 Å². The second-order valence-corrected chi connectivity index (χ2v) is 6.58. The number of carbonyl (C=O) groups is 1. The summed E-state index contributed by atoms with van der Waals surface area (Å²) in [6.07, 6.45) is 1.19. The number of aromatic nitrogens is 2. The van der Waals surface area contributed by atoms with E-state index in [1.807, 2.05) is 0 Å². The van der Waals surface area contributed by atoms with Gasteiger partial charge in [0.1, 0.15) is 4.90 Å². The smallest absolute Gasteiger partial charge is 0.257 e. The summed E-state index contributed by atoms with van der Waals surface area (Å²) >= 11 is 11.6. The van der Waals surface area contributed by atoms with E-state index >= 15 is 0 Å². The van der Waals surface area contributed by atoms with Crippen LogP contribution in [0.3, 0.4) is 0 Å². The molecular weight excluding hydrogens is 339 g/mol. The molecule has 21 heavy (non-hydrogen) atoms. The quantitative estimate of drug-likeness (QED) is 0.878. The Kier molecular flexibility index (Phi) is 4.24. The molecule has 1 aromatic carbocycles. The Morgan fingerprint density at radius 1 is 1.29 bits per heavy atom. The number of primary sulfonamides is 1. The molecule has 0 aliphatic rings. The van der Waals surface area contributed by atoms with Crippen molar-refractivity contribution in [3.63, 3.8) is 0 Å². The highest BCUT2D eigenvalue weighted by Crippen LogP contribution is 2.22. The molecule has 0 saturated heterocycles. The van der Waals surface area contributed by atoms with Crippen molar-refractivity contribution >= 4 is 45.0 Å². The van der Waals surface area contributed by atoms with E-state index in [1.165, 1.54) is 36.1 Å². The Morgan fingerprint density at radius 2 is 1.86 bits per heavy atom. The van der Waals surface area contributed by atoms with E-state index in [4.69, 9.17) is 28.3 Å². The van der Waals surface area contributed by atoms with Gasteiger partial charge < -0.3 is 5.32 Å². The molecule has 0 aliphatic carbocycles. The fourth-order valence-electron chi connectivity index (χ4n) is 1.63. The van der Waals surface area contributed by atoms with Gasteiger partial charge in [0.15, 0.2) is 5.82 Å². The van der Waals surface area contributed by atoms with Crippen LogP contribution in [0.1, 0.15) is 10.4 Å². The van der Waals surface area contributed by atoms with E-state index in [-0.39, 0.29) is 26.3 Å². The van der Waals surface area contributed by atoms with Crippen LogP contribution in [0.2, 0.25) is 10.0 Å². The first-order valence-electron chi connectivity index (χ1n) is 5.50. The summed E-state index contributed by atoms with van der Waals surface area (Å²) in [7, 11) is -2.51. The molecule has 1 amide bonds. The Morgan fingerprint density at radius 3 is 2.38 bits per heavy atom. The maximum atomic E-state index is 12.1. The zero-order valence-electron chi connectivity index (χ0n) is 10.7. The third kappa shape index (κ3) is 3.73. The summed E-state index contributed by atoms with van der Waals surface area (Å²) in [6, 6.07) is 4.25. The van der Waals surface area contributed by atoms with Crippen LogP contribution in [-0.2, 0) is 17.1 Å². The van der Waals surface area contributed by atoms with E-state index < -0.39 is 15.9 Å². The van der Waals surface area contributed by atoms with Crippen LogP contribution < -0.4 is 10.5 Å². The Labute approximate surface area is 130 Å². The zero-order chi connectivity index (χ0) is 15.8. The molecule has 3 N–H and O–H groups in total. The maximum absolute atomic E-state index is 12.1. The largest absolute Gasteiger partial charge is 0.304 e. The van der Waals surface area contributed by atoms with Crippen molar-refractivity contribution in [2.24, 2.45) is 12.2 Å². The monoisotopic (exact) mass is 348 g/mol. The van der Waals surface area contributed by atoms with E-state index in [1.54, 1.807) is 0 Å². The predicted molar refractivity (Wildman–Crippen MR) is 79.0 cm³/mol. The molecule has 2 aromatic rings. The number of halogens is 2. The van der Waals surface area contributed by atoms with Crippen molar-refractivity contribution in [3.05, 3.63) is 40.0 Å². The van der Waals surface area contributed by atoms with Gasteiger partial charge in [-0.15, -0.1) is 0 Å². The van der Waals surface area contributed by atoms with Crippen molar-refractivity contribution in [2.45, 2.75) is 4.90 Å². The summed E-state index contributed by atoms with van der Waals surface area (Å²) in [5, 5.41) is 11.8. The number of benzene rings is 1. The molecule has 1 heterocycles. The first-order valence-corrected chi connectivity index (χ1v) is 7.81. The van der Waals surface area contributed by atoms with Gasteiger partial charge in [-0.25, -0.2) is 13.6 Å². The van der Waals surface area contributed by atoms with Gasteiger partial charge in [-0.1, -0.05) is 23.2 Å². The minimum absolute atomic E-state index is 0.165. The molecule has 112 valence electrons. The number of hydrogen-bond acceptors (Lipinski definition) is 4. The lowest BCUT2D eigenvalue weighted by Gasteiger charge is -2.05. The SMILES string of the molecule is Cn1cc(S(N)(=O)=O)c(NC(=O)c2cc(Cl)cc(Cl)c2)n1. The van der Waals surface area contributed by atoms with Crippen LogP contribution in [0.15, 0.2) is 29.3 Å². The third-order valence-electron chi connectivity index (χ3n) is 2.46. The minimum Gasteiger partial charge on any atom is -0.304 e. The van der Waals surface area contributed by atoms with Crippen molar-refractivity contribution in [1.82, 2.24) is 9.78 Å². The van der Waals surface area contributed by atoms with Gasteiger partial charge in [-0.3, -0.25) is 9.48 Å². The lowest BCUT2D eigenvalue weighted by molar-refractivity contribution is 0.102. The molecule has 0 aliphatic heterocycles. The normalized spacial score (nSPS) is 11.4. The highest BCUT2D eigenvalue weighted by molar-refractivity contribution is 7.89. The van der Waals surface area contributed by atoms with Crippen LogP contribution in [0.25, 0.3) is 0 Å². The molecule has 0 fully saturated rings. The lowest BCUT2D eigenvalue weighted by atomic mass is 10.2. The van der Waals surface area contributed by atoms with Gasteiger partial charge in [0.05, 0.1) is 0 Å². The maximum Gasteiger partial charge on any atom is 0.257 e. The second kappa shape index (κ2) is 5.64. The highest BCUT2D eigenvalue weighted by Gasteiger charge is 2.20. The van der Waals surface area contributed by atoms with Crippen LogP contribution >= 0.6 is 23.2 Å². The van der Waals surface area contributed by atoms with E-state index in [9.17, 15) is 13.2 Å². The van der Waals surface area contributed by atoms with Gasteiger partial charge in [-0.2, -0.15) is 5.10 Å². The number of carbonyl (C=O) groups excluding carboxylic acids is 1. The molecular formula is C11H10Cl2N4O3S. The third-order valence-corrected chi connectivity index (χ3v) is 3.81. The molecule has 0 saturated carbocycles. The number of sulfonamides is 1. The minimum atomic E-state index is -4.01. The number of rotatable bonds is 3. The number of anilines is 1. The number of aryl methyl sites for hydroxylation is 1. The fraction of sp³-hybridized carbons (Fsp3) is 0.0909. The van der Waals surface area contributed by atoms with E-state index in [0.29, 0.717) is 0 Å². The molecule has 7 nitrogen and oxygen atoms in total. The van der Waals surface area contributed by atoms with Crippen LogP contribution in [0.5, 0.6) is 0 Å². The first-order chi connectivity index (χ1) is 9.66. The van der Waals surface area contributed by atoms with Gasteiger partial charge in [0, 0.05) is 28.9 Å². The van der Waals surface area contributed by atoms with Crippen LogP contribution in [0, 0.1) is 0 Å². The Bertz CT molecular complexity index is 797. The number of nitrogens with two attached hydrogens (primary N) is 1. The van der Waals surface area contributed by atoms with Gasteiger partial charge in [0.2, 0.25) is 10.0 Å². The molecule has 0 radical (unpaired) electrons. The molecule has 0 bridgehead atoms. The predicted octanol–water partition coefficient (Wildman–Crippen LogP) is 1.63. The number of amides is 1. The summed E-state index contributed by atoms with van der Waals surface area (Å²) < 4.78 is 24.1. The highest BCUT2D eigenvalue weighted by atomic mass is 35.5. The summed E-state index contributed by atoms with van der Waals surface area (Å²) in [6.45, 7) is 0. The summed E-state index contributed by atoms with van der Waals surface area (Å²) in [5.41, 5.74) is 0.165. The molecule has 0 atom stereocenters. The van der Waals surface area contributed by atoms with Crippen molar-refractivity contribution in [2.75, 3.05) is 5.32 Å². The van der Waals surface area contributed by atoms with Crippen molar-refractivity contribution < 1.29 is 13.2 Å². The molecule has 0 spiro atoms. The Balaban J connectivity index is 2.36.